The third-order valence-electron chi connectivity index (χ3n) is 1.95. The van der Waals surface area contributed by atoms with Gasteiger partial charge >= 0.3 is 0 Å². The van der Waals surface area contributed by atoms with Gasteiger partial charge in [0.25, 0.3) is 0 Å². The van der Waals surface area contributed by atoms with Crippen LogP contribution in [0.3, 0.4) is 0 Å². The molecule has 0 saturated carbocycles. The van der Waals surface area contributed by atoms with Gasteiger partial charge in [0.05, 0.1) is 19.8 Å². The van der Waals surface area contributed by atoms with Crippen LogP contribution >= 0.6 is 15.9 Å². The number of halogens is 1. The molecule has 1 rings (SSSR count). The summed E-state index contributed by atoms with van der Waals surface area (Å²) in [5, 5.41) is 3.28. The first kappa shape index (κ1) is 13.6. The van der Waals surface area contributed by atoms with Crippen molar-refractivity contribution in [2.45, 2.75) is 6.54 Å². The molecule has 5 heteroatoms. The van der Waals surface area contributed by atoms with Gasteiger partial charge < -0.3 is 14.8 Å². The normalized spacial score (nSPS) is 10.6. The minimum absolute atomic E-state index is 0.648. The lowest BCUT2D eigenvalue weighted by Gasteiger charge is -2.06. The average molecular weight is 289 g/mol. The standard InChI is InChI=1S/C11H17BrN2O2/c1-15-4-5-16-3-2-13-7-10-6-11(12)9-14-8-10/h6,8-9,13H,2-5,7H2,1H3. The number of methoxy groups -OCH3 is 1. The summed E-state index contributed by atoms with van der Waals surface area (Å²) in [5.74, 6) is 0. The Balaban J connectivity index is 2.03. The molecule has 1 aromatic heterocycles. The van der Waals surface area contributed by atoms with Crippen LogP contribution in [0.1, 0.15) is 5.56 Å². The SMILES string of the molecule is COCCOCCNCc1cncc(Br)c1. The second-order valence-corrected chi connectivity index (χ2v) is 4.21. The lowest BCUT2D eigenvalue weighted by molar-refractivity contribution is 0.0719. The highest BCUT2D eigenvalue weighted by Crippen LogP contribution is 2.08. The number of aromatic nitrogens is 1. The number of nitrogens with zero attached hydrogens (tertiary/aromatic N) is 1. The van der Waals surface area contributed by atoms with Crippen molar-refractivity contribution >= 4 is 15.9 Å². The van der Waals surface area contributed by atoms with Crippen LogP contribution in [0.25, 0.3) is 0 Å². The molecule has 0 bridgehead atoms. The predicted molar refractivity (Wildman–Crippen MR) is 66.3 cm³/mol. The topological polar surface area (TPSA) is 43.4 Å². The van der Waals surface area contributed by atoms with Gasteiger partial charge in [-0.05, 0) is 27.6 Å². The van der Waals surface area contributed by atoms with Crippen molar-refractivity contribution in [2.75, 3.05) is 33.5 Å². The van der Waals surface area contributed by atoms with Crippen LogP contribution < -0.4 is 5.32 Å². The minimum Gasteiger partial charge on any atom is -0.382 e. The number of hydrogen-bond donors (Lipinski definition) is 1. The Labute approximate surface area is 104 Å². The first-order chi connectivity index (χ1) is 7.83. The molecule has 0 aliphatic carbocycles. The highest BCUT2D eigenvalue weighted by atomic mass is 79.9. The monoisotopic (exact) mass is 288 g/mol. The molecule has 4 nitrogen and oxygen atoms in total. The third kappa shape index (κ3) is 6.17. The van der Waals surface area contributed by atoms with Crippen LogP contribution in [0.2, 0.25) is 0 Å². The molecule has 0 saturated heterocycles. The predicted octanol–water partition coefficient (Wildman–Crippen LogP) is 1.60. The average Bonchev–Trinajstić information content (AvgIpc) is 2.28. The zero-order chi connectivity index (χ0) is 11.6. The molecule has 0 radical (unpaired) electrons. The molecule has 0 amide bonds. The van der Waals surface area contributed by atoms with E-state index in [1.165, 1.54) is 0 Å². The fourth-order valence-electron chi connectivity index (χ4n) is 1.17. The van der Waals surface area contributed by atoms with E-state index in [2.05, 4.69) is 26.2 Å². The van der Waals surface area contributed by atoms with E-state index < -0.39 is 0 Å². The first-order valence-corrected chi connectivity index (χ1v) is 5.99. The van der Waals surface area contributed by atoms with Gasteiger partial charge in [0, 0.05) is 37.1 Å². The van der Waals surface area contributed by atoms with E-state index in [0.29, 0.717) is 19.8 Å². The maximum absolute atomic E-state index is 5.32. The molecular weight excluding hydrogens is 272 g/mol. The van der Waals surface area contributed by atoms with Gasteiger partial charge in [-0.1, -0.05) is 0 Å². The lowest BCUT2D eigenvalue weighted by Crippen LogP contribution is -2.20. The van der Waals surface area contributed by atoms with Crippen LogP contribution in [-0.2, 0) is 16.0 Å². The van der Waals surface area contributed by atoms with Crippen molar-refractivity contribution in [3.8, 4) is 0 Å². The molecule has 1 heterocycles. The van der Waals surface area contributed by atoms with Crippen LogP contribution in [-0.4, -0.2) is 38.5 Å². The van der Waals surface area contributed by atoms with Crippen LogP contribution in [0, 0.1) is 0 Å². The van der Waals surface area contributed by atoms with Crippen LogP contribution in [0.4, 0.5) is 0 Å². The van der Waals surface area contributed by atoms with E-state index >= 15 is 0 Å². The van der Waals surface area contributed by atoms with E-state index in [1.807, 2.05) is 12.3 Å². The Bertz CT molecular complexity index is 297. The Morgan fingerprint density at radius 3 is 2.94 bits per heavy atom. The van der Waals surface area contributed by atoms with Crippen LogP contribution in [0.15, 0.2) is 22.9 Å². The van der Waals surface area contributed by atoms with E-state index in [1.54, 1.807) is 13.3 Å². The molecule has 1 N–H and O–H groups in total. The van der Waals surface area contributed by atoms with E-state index in [0.717, 1.165) is 23.1 Å². The minimum atomic E-state index is 0.648. The summed E-state index contributed by atoms with van der Waals surface area (Å²) in [5.41, 5.74) is 1.16. The molecule has 0 unspecified atom stereocenters. The molecular formula is C11H17BrN2O2. The van der Waals surface area contributed by atoms with Gasteiger partial charge in [-0.25, -0.2) is 0 Å². The second-order valence-electron chi connectivity index (χ2n) is 3.29. The van der Waals surface area contributed by atoms with Crippen molar-refractivity contribution in [2.24, 2.45) is 0 Å². The maximum atomic E-state index is 5.32. The first-order valence-electron chi connectivity index (χ1n) is 5.20. The molecule has 90 valence electrons. The van der Waals surface area contributed by atoms with Crippen molar-refractivity contribution in [1.29, 1.82) is 0 Å². The summed E-state index contributed by atoms with van der Waals surface area (Å²) in [6.45, 7) is 3.63. The molecule has 0 aliphatic heterocycles. The lowest BCUT2D eigenvalue weighted by atomic mass is 10.3. The highest BCUT2D eigenvalue weighted by Gasteiger charge is 1.94. The van der Waals surface area contributed by atoms with Crippen molar-refractivity contribution in [1.82, 2.24) is 10.3 Å². The van der Waals surface area contributed by atoms with Crippen molar-refractivity contribution in [3.05, 3.63) is 28.5 Å². The Morgan fingerprint density at radius 1 is 1.31 bits per heavy atom. The molecule has 0 aliphatic rings. The Hall–Kier alpha value is -0.490. The summed E-state index contributed by atoms with van der Waals surface area (Å²) < 4.78 is 11.2. The molecule has 0 spiro atoms. The third-order valence-corrected chi connectivity index (χ3v) is 2.38. The maximum Gasteiger partial charge on any atom is 0.0700 e. The van der Waals surface area contributed by atoms with Crippen molar-refractivity contribution in [3.63, 3.8) is 0 Å². The molecule has 0 atom stereocenters. The fourth-order valence-corrected chi connectivity index (χ4v) is 1.59. The Kier molecular flexibility index (Phi) is 7.33. The van der Waals surface area contributed by atoms with E-state index in [4.69, 9.17) is 9.47 Å². The van der Waals surface area contributed by atoms with Crippen molar-refractivity contribution < 1.29 is 9.47 Å². The van der Waals surface area contributed by atoms with Gasteiger partial charge in [0.1, 0.15) is 0 Å². The quantitative estimate of drug-likeness (QED) is 0.738. The smallest absolute Gasteiger partial charge is 0.0700 e. The number of pyridine rings is 1. The zero-order valence-corrected chi connectivity index (χ0v) is 11.0. The summed E-state index contributed by atoms with van der Waals surface area (Å²) in [7, 11) is 1.67. The number of nitrogens with one attached hydrogen (secondary N) is 1. The number of rotatable bonds is 8. The summed E-state index contributed by atoms with van der Waals surface area (Å²) in [6.07, 6.45) is 3.63. The van der Waals surface area contributed by atoms with Gasteiger partial charge in [-0.15, -0.1) is 0 Å². The van der Waals surface area contributed by atoms with Gasteiger partial charge in [0.15, 0.2) is 0 Å². The summed E-state index contributed by atoms with van der Waals surface area (Å²) >= 11 is 3.38. The zero-order valence-electron chi connectivity index (χ0n) is 9.41. The second kappa shape index (κ2) is 8.64. The number of ether oxygens (including phenoxy) is 2. The van der Waals surface area contributed by atoms with E-state index in [-0.39, 0.29) is 0 Å². The van der Waals surface area contributed by atoms with Gasteiger partial charge in [0.2, 0.25) is 0 Å². The molecule has 0 fully saturated rings. The molecule has 16 heavy (non-hydrogen) atoms. The van der Waals surface area contributed by atoms with Crippen LogP contribution in [0.5, 0.6) is 0 Å². The largest absolute Gasteiger partial charge is 0.382 e. The van der Waals surface area contributed by atoms with E-state index in [9.17, 15) is 0 Å². The van der Waals surface area contributed by atoms with Gasteiger partial charge in [-0.3, -0.25) is 4.98 Å². The summed E-state index contributed by atoms with van der Waals surface area (Å²) in [6, 6.07) is 2.05. The molecule has 1 aromatic rings. The highest BCUT2D eigenvalue weighted by molar-refractivity contribution is 9.10. The molecule has 0 aromatic carbocycles. The summed E-state index contributed by atoms with van der Waals surface area (Å²) in [4.78, 5) is 4.09. The Morgan fingerprint density at radius 2 is 2.19 bits per heavy atom. The fraction of sp³-hybridized carbons (Fsp3) is 0.545. The number of hydrogen-bond acceptors (Lipinski definition) is 4. The van der Waals surface area contributed by atoms with Gasteiger partial charge in [-0.2, -0.15) is 0 Å².